The summed E-state index contributed by atoms with van der Waals surface area (Å²) in [6.45, 7) is 9.64. The zero-order chi connectivity index (χ0) is 30.0. The van der Waals surface area contributed by atoms with Gasteiger partial charge in [-0.15, -0.1) is 0 Å². The number of aromatic nitrogens is 2. The molecule has 0 spiro atoms. The molecular formula is C36H38N4O3. The van der Waals surface area contributed by atoms with E-state index in [1.807, 2.05) is 98.8 Å². The molecule has 0 aliphatic carbocycles. The summed E-state index contributed by atoms with van der Waals surface area (Å²) >= 11 is 0. The first kappa shape index (κ1) is 29.6. The van der Waals surface area contributed by atoms with Crippen molar-refractivity contribution in [2.45, 2.75) is 27.2 Å². The molecule has 43 heavy (non-hydrogen) atoms. The minimum Gasteiger partial charge on any atom is -0.494 e. The molecule has 0 atom stereocenters. The van der Waals surface area contributed by atoms with Crippen LogP contribution in [0, 0.1) is 0 Å². The number of nitrogens with zero attached hydrogens (tertiary/aromatic N) is 3. The summed E-state index contributed by atoms with van der Waals surface area (Å²) in [4.78, 5) is 25.5. The summed E-state index contributed by atoms with van der Waals surface area (Å²) in [5.74, 6) is 1.48. The van der Waals surface area contributed by atoms with Gasteiger partial charge in [0, 0.05) is 42.0 Å². The topological polar surface area (TPSA) is 76.6 Å². The molecule has 1 amide bonds. The fraction of sp³-hybridized carbons (Fsp3) is 0.250. The molecule has 0 bridgehead atoms. The number of carbonyl (C=O) groups excluding carboxylic acids is 1. The number of fused-ring (bicyclic) bond motifs is 1. The van der Waals surface area contributed by atoms with Gasteiger partial charge in [0.05, 0.1) is 35.6 Å². The van der Waals surface area contributed by atoms with Gasteiger partial charge in [0.1, 0.15) is 11.5 Å². The maximum atomic E-state index is 13.1. The van der Waals surface area contributed by atoms with Crippen LogP contribution in [0.3, 0.4) is 0 Å². The van der Waals surface area contributed by atoms with E-state index in [4.69, 9.17) is 19.4 Å². The van der Waals surface area contributed by atoms with Crippen LogP contribution >= 0.6 is 0 Å². The van der Waals surface area contributed by atoms with E-state index in [1.54, 1.807) is 0 Å². The molecular weight excluding hydrogens is 536 g/mol. The Morgan fingerprint density at radius 2 is 1.30 bits per heavy atom. The molecule has 7 heteroatoms. The van der Waals surface area contributed by atoms with Crippen LogP contribution in [0.1, 0.15) is 37.6 Å². The third-order valence-electron chi connectivity index (χ3n) is 7.20. The number of hydrogen-bond acceptors (Lipinski definition) is 6. The number of carbonyl (C=O) groups is 1. The lowest BCUT2D eigenvalue weighted by molar-refractivity contribution is 0.0953. The third-order valence-corrected chi connectivity index (χ3v) is 7.20. The van der Waals surface area contributed by atoms with Crippen molar-refractivity contribution in [3.8, 4) is 34.0 Å². The molecule has 0 fully saturated rings. The van der Waals surface area contributed by atoms with Crippen molar-refractivity contribution in [2.24, 2.45) is 0 Å². The maximum Gasteiger partial charge on any atom is 0.251 e. The molecule has 0 saturated carbocycles. The second kappa shape index (κ2) is 14.3. The van der Waals surface area contributed by atoms with Gasteiger partial charge in [-0.1, -0.05) is 18.2 Å². The van der Waals surface area contributed by atoms with Crippen molar-refractivity contribution in [2.75, 3.05) is 37.7 Å². The summed E-state index contributed by atoms with van der Waals surface area (Å²) in [5, 5.41) is 3.07. The summed E-state index contributed by atoms with van der Waals surface area (Å²) in [5.41, 5.74) is 6.47. The molecule has 0 unspecified atom stereocenters. The monoisotopic (exact) mass is 574 g/mol. The number of benzene rings is 4. The fourth-order valence-corrected chi connectivity index (χ4v) is 5.03. The second-order valence-electron chi connectivity index (χ2n) is 10.1. The molecule has 5 rings (SSSR count). The van der Waals surface area contributed by atoms with Crippen molar-refractivity contribution in [3.63, 3.8) is 0 Å². The lowest BCUT2D eigenvalue weighted by Crippen LogP contribution is -2.29. The largest absolute Gasteiger partial charge is 0.494 e. The molecule has 0 saturated heterocycles. The van der Waals surface area contributed by atoms with Gasteiger partial charge in [0.15, 0.2) is 0 Å². The van der Waals surface area contributed by atoms with Crippen LogP contribution < -0.4 is 19.7 Å². The van der Waals surface area contributed by atoms with Gasteiger partial charge >= 0.3 is 0 Å². The highest BCUT2D eigenvalue weighted by molar-refractivity contribution is 5.98. The molecule has 220 valence electrons. The van der Waals surface area contributed by atoms with Crippen LogP contribution in [0.4, 0.5) is 5.69 Å². The van der Waals surface area contributed by atoms with Gasteiger partial charge in [-0.2, -0.15) is 0 Å². The van der Waals surface area contributed by atoms with Crippen molar-refractivity contribution in [3.05, 3.63) is 103 Å². The predicted molar refractivity (Wildman–Crippen MR) is 174 cm³/mol. The van der Waals surface area contributed by atoms with Crippen molar-refractivity contribution < 1.29 is 14.3 Å². The van der Waals surface area contributed by atoms with E-state index in [2.05, 4.69) is 29.3 Å². The van der Waals surface area contributed by atoms with Crippen LogP contribution in [0.2, 0.25) is 0 Å². The Kier molecular flexibility index (Phi) is 9.85. The van der Waals surface area contributed by atoms with Crippen LogP contribution in [0.25, 0.3) is 33.5 Å². The molecule has 1 aromatic heterocycles. The van der Waals surface area contributed by atoms with Gasteiger partial charge in [-0.05, 0) is 106 Å². The number of para-hydroxylation sites is 1. The van der Waals surface area contributed by atoms with Crippen LogP contribution in [-0.2, 0) is 0 Å². The van der Waals surface area contributed by atoms with E-state index in [0.717, 1.165) is 59.0 Å². The summed E-state index contributed by atoms with van der Waals surface area (Å²) in [7, 11) is 0. The van der Waals surface area contributed by atoms with Gasteiger partial charge in [0.25, 0.3) is 5.91 Å². The van der Waals surface area contributed by atoms with Crippen LogP contribution in [0.15, 0.2) is 97.1 Å². The smallest absolute Gasteiger partial charge is 0.251 e. The lowest BCUT2D eigenvalue weighted by Gasteiger charge is -2.23. The lowest BCUT2D eigenvalue weighted by atomic mass is 10.0. The van der Waals surface area contributed by atoms with E-state index in [9.17, 15) is 4.79 Å². The molecule has 1 heterocycles. The predicted octanol–water partition coefficient (Wildman–Crippen LogP) is 7.41. The fourth-order valence-electron chi connectivity index (χ4n) is 5.03. The molecule has 1 N–H and O–H groups in total. The highest BCUT2D eigenvalue weighted by atomic mass is 16.5. The third kappa shape index (κ3) is 7.30. The van der Waals surface area contributed by atoms with E-state index >= 15 is 0 Å². The zero-order valence-corrected chi connectivity index (χ0v) is 25.0. The first-order valence-corrected chi connectivity index (χ1v) is 15.0. The number of ether oxygens (including phenoxy) is 2. The van der Waals surface area contributed by atoms with Crippen molar-refractivity contribution in [1.82, 2.24) is 15.3 Å². The normalized spacial score (nSPS) is 10.9. The Balaban J connectivity index is 1.38. The average Bonchev–Trinajstić information content (AvgIpc) is 3.05. The standard InChI is InChI=1S/C36H38N4O3/c1-4-40(29-11-8-7-9-12-29)24-10-23-37-36(41)28-17-22-32-33(25-28)39-35(27-15-20-31(21-16-27)43-6-3)34(38-32)26-13-18-30(19-14-26)42-5-2/h7-9,11-22,25H,4-6,10,23-24H2,1-3H3,(H,37,41). The van der Waals surface area contributed by atoms with Gasteiger partial charge in [-0.3, -0.25) is 4.79 Å². The van der Waals surface area contributed by atoms with Gasteiger partial charge in [0.2, 0.25) is 0 Å². The highest BCUT2D eigenvalue weighted by Gasteiger charge is 2.16. The van der Waals surface area contributed by atoms with Crippen LogP contribution in [0.5, 0.6) is 11.5 Å². The SMILES string of the molecule is CCOc1ccc(-c2nc3ccc(C(=O)NCCCN(CC)c4ccccc4)cc3nc2-c2ccc(OCC)cc2)cc1. The van der Waals surface area contributed by atoms with Crippen LogP contribution in [-0.4, -0.2) is 48.7 Å². The Bertz CT molecular complexity index is 1640. The summed E-state index contributed by atoms with van der Waals surface area (Å²) in [6, 6.07) is 31.6. The molecule has 7 nitrogen and oxygen atoms in total. The summed E-state index contributed by atoms with van der Waals surface area (Å²) < 4.78 is 11.3. The minimum absolute atomic E-state index is 0.121. The number of rotatable bonds is 13. The molecule has 0 radical (unpaired) electrons. The number of anilines is 1. The highest BCUT2D eigenvalue weighted by Crippen LogP contribution is 2.33. The van der Waals surface area contributed by atoms with E-state index < -0.39 is 0 Å². The van der Waals surface area contributed by atoms with E-state index in [0.29, 0.717) is 30.8 Å². The Hall–Kier alpha value is -4.91. The number of amides is 1. The minimum atomic E-state index is -0.121. The first-order chi connectivity index (χ1) is 21.1. The Morgan fingerprint density at radius 3 is 1.86 bits per heavy atom. The molecule has 5 aromatic rings. The Morgan fingerprint density at radius 1 is 0.721 bits per heavy atom. The molecule has 0 aliphatic heterocycles. The molecule has 0 aliphatic rings. The summed E-state index contributed by atoms with van der Waals surface area (Å²) in [6.07, 6.45) is 0.842. The zero-order valence-electron chi connectivity index (χ0n) is 25.0. The maximum absolute atomic E-state index is 13.1. The van der Waals surface area contributed by atoms with Crippen molar-refractivity contribution in [1.29, 1.82) is 0 Å². The number of hydrogen-bond donors (Lipinski definition) is 1. The second-order valence-corrected chi connectivity index (χ2v) is 10.1. The quantitative estimate of drug-likeness (QED) is 0.148. The number of nitrogens with one attached hydrogen (secondary N) is 1. The van der Waals surface area contributed by atoms with Gasteiger partial charge < -0.3 is 19.7 Å². The van der Waals surface area contributed by atoms with E-state index in [1.165, 1.54) is 5.69 Å². The molecule has 4 aromatic carbocycles. The Labute approximate surface area is 253 Å². The van der Waals surface area contributed by atoms with Gasteiger partial charge in [-0.25, -0.2) is 9.97 Å². The van der Waals surface area contributed by atoms with E-state index in [-0.39, 0.29) is 5.91 Å². The average molecular weight is 575 g/mol. The van der Waals surface area contributed by atoms with Crippen molar-refractivity contribution >= 4 is 22.6 Å². The first-order valence-electron chi connectivity index (χ1n) is 15.0.